The van der Waals surface area contributed by atoms with Gasteiger partial charge < -0.3 is 10.2 Å². The number of hydrogen-bond acceptors (Lipinski definition) is 2. The van der Waals surface area contributed by atoms with Gasteiger partial charge in [-0.3, -0.25) is 0 Å². The van der Waals surface area contributed by atoms with Gasteiger partial charge in [-0.05, 0) is 85.4 Å². The van der Waals surface area contributed by atoms with Gasteiger partial charge in [0.1, 0.15) is 0 Å². The highest BCUT2D eigenvalue weighted by molar-refractivity contribution is 5.11. The van der Waals surface area contributed by atoms with E-state index in [1.54, 1.807) is 0 Å². The van der Waals surface area contributed by atoms with Crippen LogP contribution in [0.1, 0.15) is 78.6 Å². The van der Waals surface area contributed by atoms with Crippen molar-refractivity contribution in [3.05, 3.63) is 0 Å². The number of rotatable bonds is 1. The van der Waals surface area contributed by atoms with Crippen molar-refractivity contribution in [2.24, 2.45) is 40.4 Å². The van der Waals surface area contributed by atoms with Crippen LogP contribution in [-0.2, 0) is 0 Å². The van der Waals surface area contributed by atoms with Gasteiger partial charge in [0, 0.05) is 0 Å². The van der Waals surface area contributed by atoms with Crippen LogP contribution in [0.4, 0.5) is 0 Å². The molecule has 3 unspecified atom stereocenters. The minimum absolute atomic E-state index is 0.129. The summed E-state index contributed by atoms with van der Waals surface area (Å²) in [6, 6.07) is 0. The van der Waals surface area contributed by atoms with E-state index in [0.717, 1.165) is 25.2 Å². The smallest absolute Gasteiger partial charge is 0.0605 e. The molecule has 0 aromatic carbocycles. The lowest BCUT2D eigenvalue weighted by Gasteiger charge is -2.64. The van der Waals surface area contributed by atoms with Crippen LogP contribution in [0.15, 0.2) is 0 Å². The molecule has 4 fully saturated rings. The van der Waals surface area contributed by atoms with Gasteiger partial charge >= 0.3 is 0 Å². The molecule has 132 valence electrons. The lowest BCUT2D eigenvalue weighted by atomic mass is 9.42. The maximum Gasteiger partial charge on any atom is 0.0605 e. The highest BCUT2D eigenvalue weighted by Gasteiger charge is 2.62. The fourth-order valence-corrected chi connectivity index (χ4v) is 7.95. The van der Waals surface area contributed by atoms with Gasteiger partial charge in [0.15, 0.2) is 0 Å². The number of fused-ring (bicyclic) bond motifs is 5. The summed E-state index contributed by atoms with van der Waals surface area (Å²) in [7, 11) is 0. The van der Waals surface area contributed by atoms with Crippen LogP contribution < -0.4 is 0 Å². The van der Waals surface area contributed by atoms with E-state index >= 15 is 0 Å². The van der Waals surface area contributed by atoms with E-state index in [4.69, 9.17) is 0 Å². The van der Waals surface area contributed by atoms with E-state index in [2.05, 4.69) is 20.8 Å². The molecular formula is C21H36O2. The van der Waals surface area contributed by atoms with Crippen molar-refractivity contribution in [1.82, 2.24) is 0 Å². The summed E-state index contributed by atoms with van der Waals surface area (Å²) >= 11 is 0. The van der Waals surface area contributed by atoms with Crippen molar-refractivity contribution in [1.29, 1.82) is 0 Å². The third-order valence-electron chi connectivity index (χ3n) is 9.17. The Bertz CT molecular complexity index is 463. The van der Waals surface area contributed by atoms with Crippen molar-refractivity contribution in [2.75, 3.05) is 0 Å². The van der Waals surface area contributed by atoms with Crippen molar-refractivity contribution < 1.29 is 10.2 Å². The van der Waals surface area contributed by atoms with Crippen LogP contribution in [0.5, 0.6) is 0 Å². The third-order valence-corrected chi connectivity index (χ3v) is 9.17. The van der Waals surface area contributed by atoms with Gasteiger partial charge in [-0.25, -0.2) is 0 Å². The second-order valence-corrected chi connectivity index (χ2v) is 9.98. The Hall–Kier alpha value is -0.0800. The van der Waals surface area contributed by atoms with Crippen molar-refractivity contribution in [3.63, 3.8) is 0 Å². The Morgan fingerprint density at radius 1 is 0.913 bits per heavy atom. The Balaban J connectivity index is 1.73. The monoisotopic (exact) mass is 320 g/mol. The molecule has 0 radical (unpaired) electrons. The molecule has 2 N–H and O–H groups in total. The van der Waals surface area contributed by atoms with E-state index in [0.29, 0.717) is 34.5 Å². The van der Waals surface area contributed by atoms with Gasteiger partial charge in [-0.1, -0.05) is 33.6 Å². The molecule has 0 aliphatic heterocycles. The second kappa shape index (κ2) is 5.46. The topological polar surface area (TPSA) is 40.5 Å². The van der Waals surface area contributed by atoms with E-state index in [-0.39, 0.29) is 12.2 Å². The summed E-state index contributed by atoms with van der Waals surface area (Å²) in [5, 5.41) is 21.7. The van der Waals surface area contributed by atoms with Crippen LogP contribution in [0.2, 0.25) is 0 Å². The predicted octanol–water partition coefficient (Wildman–Crippen LogP) is 4.39. The quantitative estimate of drug-likeness (QED) is 0.752. The number of hydrogen-bond donors (Lipinski definition) is 2. The van der Waals surface area contributed by atoms with E-state index in [1.165, 1.54) is 38.5 Å². The molecule has 0 bridgehead atoms. The molecule has 0 amide bonds. The normalized spacial score (nSPS) is 59.1. The van der Waals surface area contributed by atoms with Gasteiger partial charge in [0.25, 0.3) is 0 Å². The molecule has 2 nitrogen and oxygen atoms in total. The maximum absolute atomic E-state index is 11.4. The zero-order chi connectivity index (χ0) is 16.4. The first-order chi connectivity index (χ1) is 10.9. The van der Waals surface area contributed by atoms with Crippen LogP contribution in [-0.4, -0.2) is 22.4 Å². The minimum atomic E-state index is -0.133. The molecule has 0 aromatic rings. The summed E-state index contributed by atoms with van der Waals surface area (Å²) in [5.74, 6) is 2.89. The molecular weight excluding hydrogens is 284 g/mol. The highest BCUT2D eigenvalue weighted by Crippen LogP contribution is 2.67. The molecule has 4 saturated carbocycles. The Labute approximate surface area is 142 Å². The minimum Gasteiger partial charge on any atom is -0.393 e. The summed E-state index contributed by atoms with van der Waals surface area (Å²) in [5.41, 5.74) is 0.853. The van der Waals surface area contributed by atoms with Crippen LogP contribution in [0.25, 0.3) is 0 Å². The third kappa shape index (κ3) is 2.20. The Morgan fingerprint density at radius 3 is 2.43 bits per heavy atom. The molecule has 4 rings (SSSR count). The fourth-order valence-electron chi connectivity index (χ4n) is 7.95. The second-order valence-electron chi connectivity index (χ2n) is 9.98. The first-order valence-corrected chi connectivity index (χ1v) is 10.3. The van der Waals surface area contributed by atoms with Gasteiger partial charge in [0.05, 0.1) is 12.2 Å². The number of aliphatic hydroxyl groups excluding tert-OH is 2. The summed E-state index contributed by atoms with van der Waals surface area (Å²) in [6.07, 6.45) is 10.7. The fraction of sp³-hybridized carbons (Fsp3) is 1.00. The number of aliphatic hydroxyl groups is 2. The van der Waals surface area contributed by atoms with E-state index < -0.39 is 0 Å². The average molecular weight is 321 g/mol. The van der Waals surface area contributed by atoms with Crippen LogP contribution in [0.3, 0.4) is 0 Å². The molecule has 0 spiro atoms. The summed E-state index contributed by atoms with van der Waals surface area (Å²) in [4.78, 5) is 0. The molecule has 0 aromatic heterocycles. The first-order valence-electron chi connectivity index (χ1n) is 10.3. The molecule has 23 heavy (non-hydrogen) atoms. The SMILES string of the molecule is CC[C@@H]1C2C[C@H](O)CCC2(C)[C@H]2CCC3(C)CCC[C@H]3[C@@H]2[C@@H]1O. The van der Waals surface area contributed by atoms with Crippen LogP contribution in [0, 0.1) is 40.4 Å². The van der Waals surface area contributed by atoms with Gasteiger partial charge in [0.2, 0.25) is 0 Å². The molecule has 2 heteroatoms. The zero-order valence-electron chi connectivity index (χ0n) is 15.3. The van der Waals surface area contributed by atoms with Crippen molar-refractivity contribution in [3.8, 4) is 0 Å². The molecule has 0 heterocycles. The lowest BCUT2D eigenvalue weighted by molar-refractivity contribution is -0.198. The van der Waals surface area contributed by atoms with E-state index in [9.17, 15) is 10.2 Å². The first kappa shape index (κ1) is 16.4. The van der Waals surface area contributed by atoms with Crippen LogP contribution >= 0.6 is 0 Å². The van der Waals surface area contributed by atoms with Crippen molar-refractivity contribution in [2.45, 2.75) is 90.8 Å². The molecule has 4 aliphatic rings. The highest BCUT2D eigenvalue weighted by atomic mass is 16.3. The summed E-state index contributed by atoms with van der Waals surface area (Å²) < 4.78 is 0. The van der Waals surface area contributed by atoms with Crippen molar-refractivity contribution >= 4 is 0 Å². The molecule has 0 saturated heterocycles. The van der Waals surface area contributed by atoms with E-state index in [1.807, 2.05) is 0 Å². The molecule has 4 aliphatic carbocycles. The Kier molecular flexibility index (Phi) is 3.89. The molecule has 9 atom stereocenters. The lowest BCUT2D eigenvalue weighted by Crippen LogP contribution is -2.61. The maximum atomic E-state index is 11.4. The Morgan fingerprint density at radius 2 is 1.70 bits per heavy atom. The largest absolute Gasteiger partial charge is 0.393 e. The predicted molar refractivity (Wildman–Crippen MR) is 92.9 cm³/mol. The van der Waals surface area contributed by atoms with Gasteiger partial charge in [-0.2, -0.15) is 0 Å². The summed E-state index contributed by atoms with van der Waals surface area (Å²) in [6.45, 7) is 7.28. The average Bonchev–Trinajstić information content (AvgIpc) is 2.91. The van der Waals surface area contributed by atoms with Gasteiger partial charge in [-0.15, -0.1) is 0 Å². The zero-order valence-corrected chi connectivity index (χ0v) is 15.3. The standard InChI is InChI=1S/C21H36O2/c1-4-14-17-12-13(22)7-11-21(17,3)16-8-10-20(2)9-5-6-15(20)18(16)19(14)23/h13-19,22-23H,4-12H2,1-3H3/t13-,14-,15+,16+,17?,18+,19-,20?,21?/m1/s1.